The predicted molar refractivity (Wildman–Crippen MR) is 120 cm³/mol. The molecule has 162 valence electrons. The first-order valence-corrected chi connectivity index (χ1v) is 10.1. The predicted octanol–water partition coefficient (Wildman–Crippen LogP) is 1.48. The number of hydrogen-bond acceptors (Lipinski definition) is 9. The lowest BCUT2D eigenvalue weighted by molar-refractivity contribution is -0.128. The van der Waals surface area contributed by atoms with E-state index in [-0.39, 0.29) is 11.9 Å². The summed E-state index contributed by atoms with van der Waals surface area (Å²) in [5.74, 6) is 1.99. The zero-order chi connectivity index (χ0) is 21.8. The van der Waals surface area contributed by atoms with Crippen molar-refractivity contribution in [3.8, 4) is 5.82 Å². The van der Waals surface area contributed by atoms with Gasteiger partial charge in [0.1, 0.15) is 12.1 Å². The molecule has 3 aromatic rings. The standard InChI is InChI=1S/C20H26N10O/c1-14(31)28-8-3-9-29(11-10-28)17-12-18(24-13-23-17)30-19(21)26-20(27-30)25-16-6-4-15(22-2)5-7-16/h4-7,12-13,22H,3,8-11H2,1-2H3,(H3,21,25,26,27). The summed E-state index contributed by atoms with van der Waals surface area (Å²) in [5, 5.41) is 10.7. The molecule has 4 N–H and O–H groups in total. The van der Waals surface area contributed by atoms with Crippen LogP contribution in [0.15, 0.2) is 36.7 Å². The molecule has 0 atom stereocenters. The maximum Gasteiger partial charge on any atom is 0.248 e. The van der Waals surface area contributed by atoms with E-state index in [4.69, 9.17) is 5.73 Å². The Morgan fingerprint density at radius 3 is 2.52 bits per heavy atom. The first-order chi connectivity index (χ1) is 15.0. The van der Waals surface area contributed by atoms with Gasteiger partial charge in [0.25, 0.3) is 0 Å². The van der Waals surface area contributed by atoms with Crippen LogP contribution >= 0.6 is 0 Å². The third-order valence-corrected chi connectivity index (χ3v) is 5.18. The van der Waals surface area contributed by atoms with Crippen LogP contribution < -0.4 is 21.3 Å². The lowest BCUT2D eigenvalue weighted by atomic mass is 10.3. The van der Waals surface area contributed by atoms with Crippen molar-refractivity contribution in [2.75, 3.05) is 54.5 Å². The van der Waals surface area contributed by atoms with Crippen molar-refractivity contribution in [2.45, 2.75) is 13.3 Å². The van der Waals surface area contributed by atoms with Gasteiger partial charge in [-0.2, -0.15) is 9.67 Å². The molecule has 0 aliphatic carbocycles. The number of carbonyl (C=O) groups is 1. The third kappa shape index (κ3) is 4.65. The summed E-state index contributed by atoms with van der Waals surface area (Å²) in [4.78, 5) is 28.7. The molecule has 1 aromatic carbocycles. The van der Waals surface area contributed by atoms with E-state index in [1.165, 1.54) is 11.0 Å². The number of aromatic nitrogens is 5. The average molecular weight is 422 g/mol. The Hall–Kier alpha value is -3.89. The molecule has 1 saturated heterocycles. The summed E-state index contributed by atoms with van der Waals surface area (Å²) in [7, 11) is 1.87. The molecule has 1 fully saturated rings. The Morgan fingerprint density at radius 2 is 1.77 bits per heavy atom. The maximum atomic E-state index is 11.7. The van der Waals surface area contributed by atoms with Crippen LogP contribution in [-0.2, 0) is 4.79 Å². The fraction of sp³-hybridized carbons (Fsp3) is 0.350. The SMILES string of the molecule is CNc1ccc(Nc2nc(N)n(-c3cc(N4CCCN(C(C)=O)CC4)ncn3)n2)cc1. The quantitative estimate of drug-likeness (QED) is 0.560. The second-order valence-electron chi connectivity index (χ2n) is 7.24. The van der Waals surface area contributed by atoms with Crippen LogP contribution in [0.2, 0.25) is 0 Å². The fourth-order valence-corrected chi connectivity index (χ4v) is 3.48. The zero-order valence-corrected chi connectivity index (χ0v) is 17.6. The molecule has 3 heterocycles. The van der Waals surface area contributed by atoms with E-state index in [1.54, 1.807) is 6.92 Å². The Morgan fingerprint density at radius 1 is 1.03 bits per heavy atom. The number of nitrogens with one attached hydrogen (secondary N) is 2. The number of hydrogen-bond donors (Lipinski definition) is 3. The van der Waals surface area contributed by atoms with Gasteiger partial charge in [-0.3, -0.25) is 4.79 Å². The van der Waals surface area contributed by atoms with E-state index in [2.05, 4.69) is 35.6 Å². The first kappa shape index (κ1) is 20.4. The van der Waals surface area contributed by atoms with Gasteiger partial charge < -0.3 is 26.2 Å². The summed E-state index contributed by atoms with van der Waals surface area (Å²) in [6, 6.07) is 9.59. The highest BCUT2D eigenvalue weighted by Crippen LogP contribution is 2.21. The highest BCUT2D eigenvalue weighted by Gasteiger charge is 2.19. The van der Waals surface area contributed by atoms with Gasteiger partial charge in [-0.05, 0) is 30.7 Å². The average Bonchev–Trinajstić information content (AvgIpc) is 2.98. The van der Waals surface area contributed by atoms with Crippen LogP contribution in [0.25, 0.3) is 5.82 Å². The third-order valence-electron chi connectivity index (χ3n) is 5.18. The molecule has 11 nitrogen and oxygen atoms in total. The van der Waals surface area contributed by atoms with Crippen molar-refractivity contribution in [3.63, 3.8) is 0 Å². The van der Waals surface area contributed by atoms with Crippen molar-refractivity contribution >= 4 is 35.0 Å². The number of nitrogens with two attached hydrogens (primary N) is 1. The lowest BCUT2D eigenvalue weighted by Crippen LogP contribution is -2.33. The normalized spacial score (nSPS) is 14.3. The Labute approximate surface area is 180 Å². The largest absolute Gasteiger partial charge is 0.388 e. The summed E-state index contributed by atoms with van der Waals surface area (Å²) in [5.41, 5.74) is 7.96. The second-order valence-corrected chi connectivity index (χ2v) is 7.24. The zero-order valence-electron chi connectivity index (χ0n) is 17.6. The molecule has 0 saturated carbocycles. The minimum atomic E-state index is 0.0984. The topological polar surface area (TPSA) is 130 Å². The van der Waals surface area contributed by atoms with Gasteiger partial charge in [-0.25, -0.2) is 9.97 Å². The number of carbonyl (C=O) groups excluding carboxylic acids is 1. The molecule has 0 radical (unpaired) electrons. The van der Waals surface area contributed by atoms with E-state index in [1.807, 2.05) is 42.3 Å². The van der Waals surface area contributed by atoms with Gasteiger partial charge in [-0.1, -0.05) is 0 Å². The fourth-order valence-electron chi connectivity index (χ4n) is 3.48. The van der Waals surface area contributed by atoms with Crippen molar-refractivity contribution in [1.82, 2.24) is 29.6 Å². The number of anilines is 5. The molecule has 11 heteroatoms. The van der Waals surface area contributed by atoms with Crippen molar-refractivity contribution in [3.05, 3.63) is 36.7 Å². The minimum absolute atomic E-state index is 0.0984. The molecule has 0 spiro atoms. The monoisotopic (exact) mass is 422 g/mol. The highest BCUT2D eigenvalue weighted by atomic mass is 16.2. The van der Waals surface area contributed by atoms with Crippen LogP contribution in [0, 0.1) is 0 Å². The number of benzene rings is 1. The summed E-state index contributed by atoms with van der Waals surface area (Å²) >= 11 is 0. The maximum absolute atomic E-state index is 11.7. The number of nitrogen functional groups attached to an aromatic ring is 1. The Bertz CT molecular complexity index is 1050. The molecular weight excluding hydrogens is 396 g/mol. The van der Waals surface area contributed by atoms with Gasteiger partial charge in [0, 0.05) is 57.6 Å². The number of nitrogens with zero attached hydrogens (tertiary/aromatic N) is 7. The number of amides is 1. The van der Waals surface area contributed by atoms with Crippen molar-refractivity contribution in [1.29, 1.82) is 0 Å². The lowest BCUT2D eigenvalue weighted by Gasteiger charge is -2.22. The Balaban J connectivity index is 1.51. The Kier molecular flexibility index (Phi) is 5.83. The van der Waals surface area contributed by atoms with E-state index in [0.717, 1.165) is 36.7 Å². The molecule has 1 aliphatic heterocycles. The van der Waals surface area contributed by atoms with Gasteiger partial charge >= 0.3 is 0 Å². The van der Waals surface area contributed by atoms with Gasteiger partial charge in [0.05, 0.1) is 0 Å². The van der Waals surface area contributed by atoms with Crippen LogP contribution in [-0.4, -0.2) is 68.8 Å². The molecule has 2 aromatic heterocycles. The molecular formula is C20H26N10O. The van der Waals surface area contributed by atoms with E-state index < -0.39 is 0 Å². The molecule has 1 aliphatic rings. The molecule has 1 amide bonds. The highest BCUT2D eigenvalue weighted by molar-refractivity contribution is 5.73. The van der Waals surface area contributed by atoms with Gasteiger partial charge in [0.2, 0.25) is 17.8 Å². The molecule has 4 rings (SSSR count). The summed E-state index contributed by atoms with van der Waals surface area (Å²) < 4.78 is 1.48. The summed E-state index contributed by atoms with van der Waals surface area (Å²) in [6.07, 6.45) is 2.37. The van der Waals surface area contributed by atoms with Crippen LogP contribution in [0.4, 0.5) is 29.1 Å². The van der Waals surface area contributed by atoms with Crippen LogP contribution in [0.3, 0.4) is 0 Å². The smallest absolute Gasteiger partial charge is 0.248 e. The van der Waals surface area contributed by atoms with E-state index in [0.29, 0.717) is 24.9 Å². The minimum Gasteiger partial charge on any atom is -0.388 e. The molecule has 31 heavy (non-hydrogen) atoms. The van der Waals surface area contributed by atoms with Crippen molar-refractivity contribution in [2.24, 2.45) is 0 Å². The molecule has 0 bridgehead atoms. The molecule has 0 unspecified atom stereocenters. The van der Waals surface area contributed by atoms with Crippen LogP contribution in [0.5, 0.6) is 0 Å². The number of rotatable bonds is 5. The second kappa shape index (κ2) is 8.86. The van der Waals surface area contributed by atoms with Gasteiger partial charge in [-0.15, -0.1) is 5.10 Å². The van der Waals surface area contributed by atoms with E-state index >= 15 is 0 Å². The summed E-state index contributed by atoms with van der Waals surface area (Å²) in [6.45, 7) is 4.54. The first-order valence-electron chi connectivity index (χ1n) is 10.1. The van der Waals surface area contributed by atoms with Crippen molar-refractivity contribution < 1.29 is 4.79 Å². The van der Waals surface area contributed by atoms with Crippen LogP contribution in [0.1, 0.15) is 13.3 Å². The van der Waals surface area contributed by atoms with E-state index in [9.17, 15) is 4.79 Å². The van der Waals surface area contributed by atoms with Gasteiger partial charge in [0.15, 0.2) is 5.82 Å².